The normalized spacial score (nSPS) is 33.9. The molecular formula is C30H50O. The second-order valence-electron chi connectivity index (χ2n) is 11.0. The Morgan fingerprint density at radius 2 is 1.68 bits per heavy atom. The molecule has 1 heteroatoms. The van der Waals surface area contributed by atoms with Gasteiger partial charge in [0.1, 0.15) is 0 Å². The lowest BCUT2D eigenvalue weighted by Gasteiger charge is -2.44. The summed E-state index contributed by atoms with van der Waals surface area (Å²) >= 11 is 0. The smallest absolute Gasteiger partial charge is 0.0651 e. The van der Waals surface area contributed by atoms with Crippen LogP contribution in [-0.4, -0.2) is 10.7 Å². The van der Waals surface area contributed by atoms with Crippen LogP contribution >= 0.6 is 0 Å². The van der Waals surface area contributed by atoms with Gasteiger partial charge in [0.05, 0.1) is 5.60 Å². The molecule has 31 heavy (non-hydrogen) atoms. The molecule has 5 atom stereocenters. The van der Waals surface area contributed by atoms with E-state index >= 15 is 0 Å². The van der Waals surface area contributed by atoms with Gasteiger partial charge >= 0.3 is 0 Å². The van der Waals surface area contributed by atoms with E-state index in [4.69, 9.17) is 0 Å². The largest absolute Gasteiger partial charge is 0.390 e. The molecule has 2 unspecified atom stereocenters. The lowest BCUT2D eigenvalue weighted by atomic mass is 9.61. The van der Waals surface area contributed by atoms with Gasteiger partial charge in [-0.05, 0) is 100 Å². The van der Waals surface area contributed by atoms with Crippen LogP contribution in [0.5, 0.6) is 0 Å². The molecule has 0 aliphatic heterocycles. The minimum absolute atomic E-state index is 0.187. The summed E-state index contributed by atoms with van der Waals surface area (Å²) in [4.78, 5) is 0. The van der Waals surface area contributed by atoms with Crippen molar-refractivity contribution in [2.75, 3.05) is 0 Å². The van der Waals surface area contributed by atoms with Crippen molar-refractivity contribution in [3.63, 3.8) is 0 Å². The molecule has 0 saturated heterocycles. The number of fused-ring (bicyclic) bond motifs is 1. The quantitative estimate of drug-likeness (QED) is 0.435. The Labute approximate surface area is 193 Å². The lowest BCUT2D eigenvalue weighted by molar-refractivity contribution is 0.0436. The topological polar surface area (TPSA) is 20.2 Å². The summed E-state index contributed by atoms with van der Waals surface area (Å²) in [6, 6.07) is 0. The number of hydrogen-bond acceptors (Lipinski definition) is 1. The Kier molecular flexibility index (Phi) is 9.43. The maximum atomic E-state index is 10.3. The molecule has 0 spiro atoms. The molecule has 0 radical (unpaired) electrons. The van der Waals surface area contributed by atoms with Gasteiger partial charge in [-0.2, -0.15) is 0 Å². The third kappa shape index (κ3) is 6.25. The molecule has 1 nitrogen and oxygen atoms in total. The van der Waals surface area contributed by atoms with E-state index in [2.05, 4.69) is 51.7 Å². The average Bonchev–Trinajstić information content (AvgIpc) is 3.09. The van der Waals surface area contributed by atoms with E-state index in [-0.39, 0.29) is 5.92 Å². The molecule has 176 valence electrons. The Morgan fingerprint density at radius 3 is 2.32 bits per heavy atom. The third-order valence-corrected chi connectivity index (χ3v) is 8.62. The molecule has 3 aliphatic carbocycles. The van der Waals surface area contributed by atoms with Crippen LogP contribution in [0.4, 0.5) is 0 Å². The summed E-state index contributed by atoms with van der Waals surface area (Å²) in [6.07, 6.45) is 21.3. The monoisotopic (exact) mass is 426 g/mol. The highest BCUT2D eigenvalue weighted by molar-refractivity contribution is 5.35. The maximum Gasteiger partial charge on any atom is 0.0651 e. The van der Waals surface area contributed by atoms with E-state index < -0.39 is 5.60 Å². The summed E-state index contributed by atoms with van der Waals surface area (Å²) < 4.78 is 0. The highest BCUT2D eigenvalue weighted by atomic mass is 16.3. The number of rotatable bonds is 5. The van der Waals surface area contributed by atoms with Crippen molar-refractivity contribution in [1.29, 1.82) is 0 Å². The van der Waals surface area contributed by atoms with Crippen LogP contribution in [0.3, 0.4) is 0 Å². The van der Waals surface area contributed by atoms with Crippen LogP contribution in [0.2, 0.25) is 0 Å². The van der Waals surface area contributed by atoms with Gasteiger partial charge in [0, 0.05) is 5.92 Å². The second-order valence-corrected chi connectivity index (χ2v) is 11.0. The standard InChI is InChI=1S/C28H44O.C2H6/c1-20-10-7-8-11-23(20)15-16-24-12-9-19-28(6)25(17-18-26(24)28)21(2)13-14-22(3)27(4,5)29;1-2/h13-16,21-22,25-26,29H,1,7-12,17-19H2,2-6H3;1-2H3/b14-13+,23-15-,24-16+;/t21-,22+,25?,26?,28-;/m1./s1. The maximum absolute atomic E-state index is 10.3. The van der Waals surface area contributed by atoms with Crippen LogP contribution in [0.15, 0.2) is 47.6 Å². The first-order chi connectivity index (χ1) is 14.6. The molecule has 1 N–H and O–H groups in total. The van der Waals surface area contributed by atoms with Gasteiger partial charge in [-0.15, -0.1) is 0 Å². The van der Waals surface area contributed by atoms with Gasteiger partial charge in [0.25, 0.3) is 0 Å². The van der Waals surface area contributed by atoms with Crippen LogP contribution < -0.4 is 0 Å². The van der Waals surface area contributed by atoms with E-state index in [0.29, 0.717) is 11.3 Å². The second kappa shape index (κ2) is 11.2. The van der Waals surface area contributed by atoms with Crippen LogP contribution in [0, 0.1) is 29.1 Å². The summed E-state index contributed by atoms with van der Waals surface area (Å²) in [5.74, 6) is 2.26. The van der Waals surface area contributed by atoms with Crippen LogP contribution in [-0.2, 0) is 0 Å². The van der Waals surface area contributed by atoms with E-state index in [1.807, 2.05) is 27.7 Å². The molecule has 0 aromatic heterocycles. The molecule has 0 amide bonds. The zero-order valence-electron chi connectivity index (χ0n) is 21.6. The van der Waals surface area contributed by atoms with Gasteiger partial charge in [-0.3, -0.25) is 0 Å². The fourth-order valence-corrected chi connectivity index (χ4v) is 6.25. The number of hydrogen-bond donors (Lipinski definition) is 1. The molecule has 3 aliphatic rings. The molecule has 3 saturated carbocycles. The van der Waals surface area contributed by atoms with Gasteiger partial charge in [0.2, 0.25) is 0 Å². The fourth-order valence-electron chi connectivity index (χ4n) is 6.25. The SMILES string of the molecule is C=C1CCCC/C1=C/C=C1\CCC[C@@]2(C)C1CCC2[C@H](C)/C=C/[C@H](C)C(C)(C)O.CC. The Hall–Kier alpha value is -1.08. The summed E-state index contributed by atoms with van der Waals surface area (Å²) in [7, 11) is 0. The van der Waals surface area contributed by atoms with E-state index in [1.54, 1.807) is 5.57 Å². The van der Waals surface area contributed by atoms with E-state index in [1.165, 1.54) is 68.9 Å². The van der Waals surface area contributed by atoms with Crippen molar-refractivity contribution >= 4 is 0 Å². The minimum atomic E-state index is -0.643. The van der Waals surface area contributed by atoms with Crippen molar-refractivity contribution in [3.05, 3.63) is 47.6 Å². The molecule has 3 fully saturated rings. The highest BCUT2D eigenvalue weighted by Crippen LogP contribution is 2.59. The van der Waals surface area contributed by atoms with Crippen molar-refractivity contribution in [2.24, 2.45) is 29.1 Å². The van der Waals surface area contributed by atoms with E-state index in [9.17, 15) is 5.11 Å². The summed E-state index contributed by atoms with van der Waals surface area (Å²) in [5.41, 5.74) is 4.36. The van der Waals surface area contributed by atoms with Crippen molar-refractivity contribution in [1.82, 2.24) is 0 Å². The Balaban J connectivity index is 0.00000166. The average molecular weight is 427 g/mol. The third-order valence-electron chi connectivity index (χ3n) is 8.62. The lowest BCUT2D eigenvalue weighted by Crippen LogP contribution is -2.35. The van der Waals surface area contributed by atoms with Gasteiger partial charge < -0.3 is 5.11 Å². The van der Waals surface area contributed by atoms with Crippen LogP contribution in [0.1, 0.15) is 106 Å². The molecular weight excluding hydrogens is 376 g/mol. The van der Waals surface area contributed by atoms with Gasteiger partial charge in [-0.1, -0.05) is 76.6 Å². The molecule has 3 rings (SSSR count). The van der Waals surface area contributed by atoms with Crippen molar-refractivity contribution in [3.8, 4) is 0 Å². The zero-order valence-corrected chi connectivity index (χ0v) is 21.6. The first-order valence-electron chi connectivity index (χ1n) is 13.1. The van der Waals surface area contributed by atoms with Gasteiger partial charge in [0.15, 0.2) is 0 Å². The number of aliphatic hydroxyl groups is 1. The molecule has 0 aromatic carbocycles. The molecule has 0 aromatic rings. The number of allylic oxidation sites excluding steroid dienone is 6. The first kappa shape index (κ1) is 26.2. The summed E-state index contributed by atoms with van der Waals surface area (Å²) in [6.45, 7) is 19.2. The first-order valence-corrected chi connectivity index (χ1v) is 13.1. The van der Waals surface area contributed by atoms with Gasteiger partial charge in [-0.25, -0.2) is 0 Å². The predicted molar refractivity (Wildman–Crippen MR) is 137 cm³/mol. The van der Waals surface area contributed by atoms with E-state index in [0.717, 1.165) is 11.8 Å². The predicted octanol–water partition coefficient (Wildman–Crippen LogP) is 8.81. The Bertz CT molecular complexity index is 686. The summed E-state index contributed by atoms with van der Waals surface area (Å²) in [5, 5.41) is 10.3. The van der Waals surface area contributed by atoms with Crippen molar-refractivity contribution < 1.29 is 5.11 Å². The highest BCUT2D eigenvalue weighted by Gasteiger charge is 2.50. The zero-order chi connectivity index (χ0) is 23.2. The van der Waals surface area contributed by atoms with Crippen LogP contribution in [0.25, 0.3) is 0 Å². The minimum Gasteiger partial charge on any atom is -0.390 e. The molecule has 0 bridgehead atoms. The Morgan fingerprint density at radius 1 is 1.00 bits per heavy atom. The van der Waals surface area contributed by atoms with Crippen molar-refractivity contribution in [2.45, 2.75) is 112 Å². The molecule has 0 heterocycles. The fraction of sp³-hybridized carbons (Fsp3) is 0.733.